The van der Waals surface area contributed by atoms with E-state index >= 15 is 0 Å². The summed E-state index contributed by atoms with van der Waals surface area (Å²) in [4.78, 5) is 6.43. The normalized spacial score (nSPS) is 11.2. The molecule has 0 bridgehead atoms. The van der Waals surface area contributed by atoms with Gasteiger partial charge in [-0.05, 0) is 36.4 Å². The Morgan fingerprint density at radius 2 is 1.91 bits per heavy atom. The van der Waals surface area contributed by atoms with E-state index in [1.807, 2.05) is 48.5 Å². The first kappa shape index (κ1) is 14.7. The summed E-state index contributed by atoms with van der Waals surface area (Å²) in [5, 5.41) is 9.35. The van der Waals surface area contributed by atoms with Crippen molar-refractivity contribution in [3.8, 4) is 16.5 Å². The molecule has 0 unspecified atom stereocenters. The fraction of sp³-hybridized carbons (Fsp3) is 0. The molecule has 106 valence electrons. The topological polar surface area (TPSA) is 36.7 Å². The second-order valence-corrected chi connectivity index (χ2v) is 6.54. The zero-order chi connectivity index (χ0) is 15.4. The molecule has 0 radical (unpaired) electrons. The number of thiophene rings is 1. The van der Waals surface area contributed by atoms with Crippen LogP contribution in [0.15, 0.2) is 65.3 Å². The predicted molar refractivity (Wildman–Crippen MR) is 95.2 cm³/mol. The molecule has 0 spiro atoms. The van der Waals surface area contributed by atoms with E-state index in [2.05, 4.69) is 39.1 Å². The van der Waals surface area contributed by atoms with Crippen LogP contribution < -0.4 is 0 Å². The van der Waals surface area contributed by atoms with Gasteiger partial charge < -0.3 is 0 Å². The number of halogens is 1. The van der Waals surface area contributed by atoms with Gasteiger partial charge in [-0.2, -0.15) is 5.26 Å². The van der Waals surface area contributed by atoms with Crippen LogP contribution in [0.3, 0.4) is 0 Å². The van der Waals surface area contributed by atoms with Gasteiger partial charge in [0.2, 0.25) is 0 Å². The SMILES string of the molecule is N#CC(=Cc1ccc(-c2ccccc2Br)s1)c1ccccn1. The van der Waals surface area contributed by atoms with Crippen molar-refractivity contribution in [2.75, 3.05) is 0 Å². The van der Waals surface area contributed by atoms with Crippen molar-refractivity contribution in [3.05, 3.63) is 75.8 Å². The molecule has 2 heterocycles. The lowest BCUT2D eigenvalue weighted by molar-refractivity contribution is 1.28. The van der Waals surface area contributed by atoms with Crippen molar-refractivity contribution in [1.82, 2.24) is 4.98 Å². The highest BCUT2D eigenvalue weighted by Crippen LogP contribution is 2.34. The lowest BCUT2D eigenvalue weighted by atomic mass is 10.1. The van der Waals surface area contributed by atoms with Gasteiger partial charge in [-0.15, -0.1) is 11.3 Å². The quantitative estimate of drug-likeness (QED) is 0.562. The smallest absolute Gasteiger partial charge is 0.101 e. The molecule has 0 saturated heterocycles. The lowest BCUT2D eigenvalue weighted by Gasteiger charge is -1.99. The van der Waals surface area contributed by atoms with Crippen LogP contribution in [0, 0.1) is 11.3 Å². The highest BCUT2D eigenvalue weighted by atomic mass is 79.9. The van der Waals surface area contributed by atoms with E-state index in [1.165, 1.54) is 0 Å². The monoisotopic (exact) mass is 366 g/mol. The van der Waals surface area contributed by atoms with E-state index in [0.717, 1.165) is 19.8 Å². The molecule has 1 aromatic carbocycles. The fourth-order valence-electron chi connectivity index (χ4n) is 2.06. The van der Waals surface area contributed by atoms with E-state index < -0.39 is 0 Å². The second kappa shape index (κ2) is 6.69. The van der Waals surface area contributed by atoms with Gasteiger partial charge in [0, 0.05) is 26.0 Å². The third-order valence-electron chi connectivity index (χ3n) is 3.11. The van der Waals surface area contributed by atoms with E-state index in [0.29, 0.717) is 11.3 Å². The van der Waals surface area contributed by atoms with E-state index in [9.17, 15) is 5.26 Å². The summed E-state index contributed by atoms with van der Waals surface area (Å²) in [5.74, 6) is 0. The van der Waals surface area contributed by atoms with Crippen LogP contribution >= 0.6 is 27.3 Å². The largest absolute Gasteiger partial charge is 0.256 e. The molecule has 0 aliphatic heterocycles. The fourth-order valence-corrected chi connectivity index (χ4v) is 3.68. The van der Waals surface area contributed by atoms with Crippen LogP contribution in [-0.4, -0.2) is 4.98 Å². The van der Waals surface area contributed by atoms with Crippen LogP contribution in [-0.2, 0) is 0 Å². The third-order valence-corrected chi connectivity index (χ3v) is 4.87. The van der Waals surface area contributed by atoms with E-state index in [-0.39, 0.29) is 0 Å². The maximum absolute atomic E-state index is 9.35. The minimum atomic E-state index is 0.570. The summed E-state index contributed by atoms with van der Waals surface area (Å²) in [6.45, 7) is 0. The summed E-state index contributed by atoms with van der Waals surface area (Å²) in [7, 11) is 0. The molecular weight excluding hydrogens is 356 g/mol. The predicted octanol–water partition coefficient (Wildman–Crippen LogP) is 5.64. The Balaban J connectivity index is 1.96. The highest BCUT2D eigenvalue weighted by Gasteiger charge is 2.07. The van der Waals surface area contributed by atoms with Gasteiger partial charge in [-0.3, -0.25) is 4.98 Å². The molecule has 2 nitrogen and oxygen atoms in total. The first-order valence-electron chi connectivity index (χ1n) is 6.66. The highest BCUT2D eigenvalue weighted by molar-refractivity contribution is 9.10. The minimum absolute atomic E-state index is 0.570. The molecule has 0 saturated carbocycles. The molecule has 0 aliphatic rings. The van der Waals surface area contributed by atoms with Crippen molar-refractivity contribution in [3.63, 3.8) is 0 Å². The number of rotatable bonds is 3. The maximum atomic E-state index is 9.35. The second-order valence-electron chi connectivity index (χ2n) is 4.57. The zero-order valence-corrected chi connectivity index (χ0v) is 13.9. The number of allylic oxidation sites excluding steroid dienone is 1. The Morgan fingerprint density at radius 3 is 2.64 bits per heavy atom. The average Bonchev–Trinajstić information content (AvgIpc) is 3.02. The van der Waals surface area contributed by atoms with Gasteiger partial charge in [0.05, 0.1) is 11.3 Å². The van der Waals surface area contributed by atoms with Gasteiger partial charge in [-0.25, -0.2) is 0 Å². The van der Waals surface area contributed by atoms with Crippen LogP contribution in [0.1, 0.15) is 10.6 Å². The number of nitriles is 1. The molecule has 0 atom stereocenters. The molecule has 0 amide bonds. The molecule has 0 fully saturated rings. The standard InChI is InChI=1S/C18H11BrN2S/c19-16-6-2-1-5-15(16)18-9-8-14(22-18)11-13(12-20)17-7-3-4-10-21-17/h1-11H. The van der Waals surface area contributed by atoms with Crippen LogP contribution in [0.2, 0.25) is 0 Å². The van der Waals surface area contributed by atoms with Crippen LogP contribution in [0.5, 0.6) is 0 Å². The van der Waals surface area contributed by atoms with Crippen LogP contribution in [0.4, 0.5) is 0 Å². The van der Waals surface area contributed by atoms with Gasteiger partial charge in [-0.1, -0.05) is 40.2 Å². The summed E-state index contributed by atoms with van der Waals surface area (Å²) < 4.78 is 1.07. The van der Waals surface area contributed by atoms with Crippen molar-refractivity contribution in [2.45, 2.75) is 0 Å². The summed E-state index contributed by atoms with van der Waals surface area (Å²) in [6, 6.07) is 20.0. The van der Waals surface area contributed by atoms with Crippen molar-refractivity contribution in [2.24, 2.45) is 0 Å². The van der Waals surface area contributed by atoms with Crippen LogP contribution in [0.25, 0.3) is 22.1 Å². The molecule has 2 aromatic heterocycles. The number of hydrogen-bond acceptors (Lipinski definition) is 3. The van der Waals surface area contributed by atoms with Crippen molar-refractivity contribution >= 4 is 38.9 Å². The van der Waals surface area contributed by atoms with Crippen molar-refractivity contribution < 1.29 is 0 Å². The number of pyridine rings is 1. The van der Waals surface area contributed by atoms with Gasteiger partial charge in [0.25, 0.3) is 0 Å². The third kappa shape index (κ3) is 3.16. The Hall–Kier alpha value is -2.22. The maximum Gasteiger partial charge on any atom is 0.101 e. The van der Waals surface area contributed by atoms with E-state index in [1.54, 1.807) is 17.5 Å². The first-order valence-corrected chi connectivity index (χ1v) is 8.27. The number of nitrogens with zero attached hydrogens (tertiary/aromatic N) is 2. The molecule has 0 N–H and O–H groups in total. The summed E-state index contributed by atoms with van der Waals surface area (Å²) in [6.07, 6.45) is 3.58. The number of aromatic nitrogens is 1. The molecule has 3 aromatic rings. The van der Waals surface area contributed by atoms with Gasteiger partial charge >= 0.3 is 0 Å². The Labute approximate surface area is 141 Å². The lowest BCUT2D eigenvalue weighted by Crippen LogP contribution is -1.84. The zero-order valence-electron chi connectivity index (χ0n) is 11.5. The average molecular weight is 367 g/mol. The van der Waals surface area contributed by atoms with Gasteiger partial charge in [0.15, 0.2) is 0 Å². The van der Waals surface area contributed by atoms with Crippen molar-refractivity contribution in [1.29, 1.82) is 5.26 Å². The number of hydrogen-bond donors (Lipinski definition) is 0. The first-order chi connectivity index (χ1) is 10.8. The molecular formula is C18H11BrN2S. The minimum Gasteiger partial charge on any atom is -0.256 e. The Morgan fingerprint density at radius 1 is 1.09 bits per heavy atom. The number of benzene rings is 1. The molecule has 22 heavy (non-hydrogen) atoms. The Bertz CT molecular complexity index is 860. The van der Waals surface area contributed by atoms with E-state index in [4.69, 9.17) is 0 Å². The molecule has 0 aliphatic carbocycles. The summed E-state index contributed by atoms with van der Waals surface area (Å²) in [5.41, 5.74) is 2.42. The molecule has 4 heteroatoms. The summed E-state index contributed by atoms with van der Waals surface area (Å²) >= 11 is 5.23. The Kier molecular flexibility index (Phi) is 4.47. The molecule has 3 rings (SSSR count). The van der Waals surface area contributed by atoms with Gasteiger partial charge in [0.1, 0.15) is 6.07 Å².